The third-order valence-corrected chi connectivity index (χ3v) is 12.1. The average Bonchev–Trinajstić information content (AvgIpc) is 4.26. The van der Waals surface area contributed by atoms with Gasteiger partial charge >= 0.3 is 5.97 Å². The van der Waals surface area contributed by atoms with Crippen LogP contribution in [0.5, 0.6) is 0 Å². The number of aliphatic imine (C=N–C) groups is 1. The predicted octanol–water partition coefficient (Wildman–Crippen LogP) is -11.7. The van der Waals surface area contributed by atoms with Crippen LogP contribution in [0.3, 0.4) is 0 Å². The molecule has 0 bridgehead atoms. The number of nitrogens with two attached hydrogens (primary N) is 4. The molecule has 2 rings (SSSR count). The van der Waals surface area contributed by atoms with Crippen LogP contribution in [-0.4, -0.2) is 232 Å². The highest BCUT2D eigenvalue weighted by atomic mass is 32.1. The van der Waals surface area contributed by atoms with E-state index in [0.717, 1.165) is 0 Å². The number of aromatic nitrogens is 2. The van der Waals surface area contributed by atoms with E-state index in [0.29, 0.717) is 12.1 Å². The Labute approximate surface area is 473 Å². The molecule has 0 unspecified atom stereocenters. The Kier molecular flexibility index (Phi) is 30.3. The summed E-state index contributed by atoms with van der Waals surface area (Å²) in [4.78, 5) is 192. The van der Waals surface area contributed by atoms with Gasteiger partial charge in [-0.15, -0.1) is 0 Å². The van der Waals surface area contributed by atoms with Gasteiger partial charge in [-0.05, 0) is 31.6 Å². The number of carbonyl (C=O) groups excluding carboxylic acids is 13. The molecule has 0 spiro atoms. The molecule has 8 atom stereocenters. The average molecular weight is 1180 g/mol. The van der Waals surface area contributed by atoms with E-state index in [-0.39, 0.29) is 57.0 Å². The molecule has 2 heterocycles. The van der Waals surface area contributed by atoms with Gasteiger partial charge in [0.15, 0.2) is 5.96 Å². The van der Waals surface area contributed by atoms with Crippen molar-refractivity contribution in [1.29, 1.82) is 0 Å². The molecule has 0 saturated carbocycles. The zero-order valence-corrected chi connectivity index (χ0v) is 45.7. The van der Waals surface area contributed by atoms with Gasteiger partial charge < -0.3 is 107 Å². The second-order valence-corrected chi connectivity index (χ2v) is 18.8. The molecule has 1 aromatic heterocycles. The number of aliphatic hydroxyl groups excluding tert-OH is 2. The Morgan fingerprint density at radius 2 is 1.22 bits per heavy atom. The topological polar surface area (TPSA) is 580 Å². The molecule has 13 amide bonds. The van der Waals surface area contributed by atoms with Crippen molar-refractivity contribution >= 4 is 101 Å². The first-order valence-electron chi connectivity index (χ1n) is 25.3. The van der Waals surface area contributed by atoms with Gasteiger partial charge in [-0.1, -0.05) is 13.8 Å². The van der Waals surface area contributed by atoms with E-state index >= 15 is 0 Å². The van der Waals surface area contributed by atoms with Crippen molar-refractivity contribution in [3.05, 3.63) is 18.2 Å². The number of primary amides is 1. The Bertz CT molecular complexity index is 2460. The van der Waals surface area contributed by atoms with Crippen molar-refractivity contribution < 1.29 is 82.4 Å². The Morgan fingerprint density at radius 3 is 1.77 bits per heavy atom. The number of carbonyl (C=O) groups is 14. The summed E-state index contributed by atoms with van der Waals surface area (Å²) in [7, 11) is 0. The fourth-order valence-corrected chi connectivity index (χ4v) is 7.74. The summed E-state index contributed by atoms with van der Waals surface area (Å²) >= 11 is 3.98. The Balaban J connectivity index is 2.21. The van der Waals surface area contributed by atoms with Gasteiger partial charge in [-0.2, -0.15) is 12.6 Å². The lowest BCUT2D eigenvalue weighted by Gasteiger charge is -2.31. The van der Waals surface area contributed by atoms with Crippen LogP contribution in [0.4, 0.5) is 0 Å². The number of nitrogens with one attached hydrogen (secondary N) is 12. The fraction of sp³-hybridized carbons (Fsp3) is 0.600. The van der Waals surface area contributed by atoms with E-state index in [4.69, 9.17) is 28.0 Å². The summed E-state index contributed by atoms with van der Waals surface area (Å²) in [6.45, 7) is -2.09. The third kappa shape index (κ3) is 24.8. The van der Waals surface area contributed by atoms with Gasteiger partial charge in [0.2, 0.25) is 76.8 Å². The predicted molar refractivity (Wildman–Crippen MR) is 286 cm³/mol. The van der Waals surface area contributed by atoms with Crippen molar-refractivity contribution in [1.82, 2.24) is 73.4 Å². The number of likely N-dealkylation sites (tertiary alicyclic amines) is 1. The molecule has 1 aliphatic rings. The van der Waals surface area contributed by atoms with Crippen molar-refractivity contribution in [2.24, 2.45) is 33.8 Å². The lowest BCUT2D eigenvalue weighted by molar-refractivity contribution is -0.143. The number of aliphatic carboxylic acids is 1. The minimum Gasteiger partial charge on any atom is -0.480 e. The molecule has 456 valence electrons. The highest BCUT2D eigenvalue weighted by Crippen LogP contribution is 2.21. The summed E-state index contributed by atoms with van der Waals surface area (Å²) in [5, 5.41) is 54.1. The monoisotopic (exact) mass is 1180 g/mol. The van der Waals surface area contributed by atoms with E-state index in [9.17, 15) is 77.3 Å². The fourth-order valence-electron chi connectivity index (χ4n) is 7.48. The van der Waals surface area contributed by atoms with Gasteiger partial charge in [0.1, 0.15) is 54.9 Å². The van der Waals surface area contributed by atoms with Gasteiger partial charge in [0, 0.05) is 37.2 Å². The first-order chi connectivity index (χ1) is 38.7. The van der Waals surface area contributed by atoms with Crippen molar-refractivity contribution in [3.8, 4) is 0 Å². The van der Waals surface area contributed by atoms with Crippen LogP contribution in [0.2, 0.25) is 0 Å². The lowest BCUT2D eigenvalue weighted by Crippen LogP contribution is -2.61. The maximum absolute atomic E-state index is 14.1. The highest BCUT2D eigenvalue weighted by molar-refractivity contribution is 7.80. The van der Waals surface area contributed by atoms with Crippen LogP contribution in [-0.2, 0) is 73.5 Å². The largest absolute Gasteiger partial charge is 0.480 e. The number of rotatable bonds is 36. The second kappa shape index (κ2) is 35.8. The van der Waals surface area contributed by atoms with Crippen LogP contribution in [0.25, 0.3) is 0 Å². The normalized spacial score (nSPS) is 15.2. The Hall–Kier alpha value is -8.71. The first-order valence-corrected chi connectivity index (χ1v) is 25.9. The summed E-state index contributed by atoms with van der Waals surface area (Å²) in [5.74, 6) is -14.7. The van der Waals surface area contributed by atoms with E-state index < -0.39 is 183 Å². The zero-order chi connectivity index (χ0) is 61.6. The van der Waals surface area contributed by atoms with Crippen molar-refractivity contribution in [2.45, 2.75) is 101 Å². The zero-order valence-electron chi connectivity index (χ0n) is 44.8. The molecule has 37 heteroatoms. The number of amides is 13. The SMILES string of the molecule is CC(C)[C@H](NC(=O)CNC(=O)CNC(=O)CNC(=O)[C@H](CS)NC(=O)CN)C(=O)N1CCC[C@H]1C(=O)N[C@@H](Cc1cnc[nH]1)C(=O)N[C@@H](CO)C(=O)N[C@@H](CCCN=C(N)N)C(=O)N[C@@H](CC(N)=O)C(=O)N[C@@H](CO)C(=O)NCC(=O)O. The highest BCUT2D eigenvalue weighted by Gasteiger charge is 2.41. The number of carboxylic acids is 1. The molecular weight excluding hydrogens is 1110 g/mol. The maximum Gasteiger partial charge on any atom is 0.322 e. The molecule has 0 radical (unpaired) electrons. The minimum absolute atomic E-state index is 0.0225. The van der Waals surface area contributed by atoms with Crippen LogP contribution >= 0.6 is 12.6 Å². The van der Waals surface area contributed by atoms with Gasteiger partial charge in [-0.3, -0.25) is 72.1 Å². The number of guanidine groups is 1. The third-order valence-electron chi connectivity index (χ3n) is 11.7. The smallest absolute Gasteiger partial charge is 0.322 e. The van der Waals surface area contributed by atoms with E-state index in [1.165, 1.54) is 17.4 Å². The molecule has 1 fully saturated rings. The lowest BCUT2D eigenvalue weighted by atomic mass is 10.0. The number of aliphatic hydroxyl groups is 2. The van der Waals surface area contributed by atoms with Crippen LogP contribution < -0.4 is 81.4 Å². The van der Waals surface area contributed by atoms with Crippen molar-refractivity contribution in [2.75, 3.05) is 64.8 Å². The molecular formula is C45H73N19O17S. The van der Waals surface area contributed by atoms with Gasteiger partial charge in [0.25, 0.3) is 0 Å². The van der Waals surface area contributed by atoms with E-state index in [1.54, 1.807) is 13.8 Å². The molecule has 23 N–H and O–H groups in total. The molecule has 1 saturated heterocycles. The van der Waals surface area contributed by atoms with Gasteiger partial charge in [-0.25, -0.2) is 4.98 Å². The van der Waals surface area contributed by atoms with E-state index in [1.807, 2.05) is 5.32 Å². The summed E-state index contributed by atoms with van der Waals surface area (Å²) in [6.07, 6.45) is 1.52. The Morgan fingerprint density at radius 1 is 0.683 bits per heavy atom. The second-order valence-electron chi connectivity index (χ2n) is 18.4. The molecule has 82 heavy (non-hydrogen) atoms. The van der Waals surface area contributed by atoms with E-state index in [2.05, 4.69) is 80.8 Å². The van der Waals surface area contributed by atoms with Crippen LogP contribution in [0.1, 0.15) is 51.6 Å². The molecule has 0 aromatic carbocycles. The maximum atomic E-state index is 14.1. The number of hydrogen-bond donors (Lipinski definition) is 20. The van der Waals surface area contributed by atoms with Crippen molar-refractivity contribution in [3.63, 3.8) is 0 Å². The van der Waals surface area contributed by atoms with Crippen LogP contribution in [0, 0.1) is 5.92 Å². The molecule has 1 aliphatic heterocycles. The molecule has 1 aromatic rings. The van der Waals surface area contributed by atoms with Gasteiger partial charge in [0.05, 0.1) is 52.1 Å². The number of nitrogens with zero attached hydrogens (tertiary/aromatic N) is 3. The molecule has 0 aliphatic carbocycles. The molecule has 36 nitrogen and oxygen atoms in total. The van der Waals surface area contributed by atoms with Crippen LogP contribution in [0.15, 0.2) is 17.5 Å². The number of aromatic amines is 1. The summed E-state index contributed by atoms with van der Waals surface area (Å²) < 4.78 is 0. The first kappa shape index (κ1) is 69.4. The quantitative estimate of drug-likeness (QED) is 0.0128. The number of thiol groups is 1. The number of imidazole rings is 1. The summed E-state index contributed by atoms with van der Waals surface area (Å²) in [6, 6.07) is -12.2. The number of carboxylic acid groups (broad SMARTS) is 1. The standard InChI is InChI=1S/C45H73N19O17S/c1-21(2)36(63-34(71)15-53-32(69)13-52-33(70)14-54-38(75)28(19-82)57-31(68)11-46)44(81)64-8-4-6-29(64)43(80)60-24(9-22-12-50-20-56-22)40(77)62-27(18-66)42(79)58-23(5-3-7-51-45(48)49)39(76)59-25(10-30(47)67)41(78)61-26(17-65)37(74)55-16-35(72)73/h12,20-21,23-29,36,65-66,82H,3-11,13-19,46H2,1-2H3,(H2,47,67)(H,50,56)(H,52,70)(H,53,69)(H,54,75)(H,55,74)(H,57,68)(H,58,79)(H,59,76)(H,60,80)(H,61,78)(H,62,77)(H,63,71)(H,72,73)(H4,48,49,51)/t23-,24-,25-,26-,27-,28-,29-,36-/m0/s1. The summed E-state index contributed by atoms with van der Waals surface area (Å²) in [5.41, 5.74) is 21.6. The number of H-pyrrole nitrogens is 1. The minimum atomic E-state index is -1.85. The number of hydrogen-bond acceptors (Lipinski definition) is 20.